The minimum atomic E-state index is -0.282. The van der Waals surface area contributed by atoms with Crippen LogP contribution in [-0.4, -0.2) is 50.7 Å². The fraction of sp³-hybridized carbons (Fsp3) is 0.263. The smallest absolute Gasteiger partial charge is 0.231 e. The summed E-state index contributed by atoms with van der Waals surface area (Å²) in [6.45, 7) is 1.65. The predicted octanol–water partition coefficient (Wildman–Crippen LogP) is 2.77. The molecule has 2 heterocycles. The molecule has 2 aromatic carbocycles. The fourth-order valence-electron chi connectivity index (χ4n) is 2.84. The van der Waals surface area contributed by atoms with E-state index in [0.29, 0.717) is 18.1 Å². The number of benzene rings is 2. The molecule has 27 heavy (non-hydrogen) atoms. The second-order valence-corrected chi connectivity index (χ2v) is 6.64. The molecule has 0 unspecified atom stereocenters. The minimum Gasteiger partial charge on any atom is -0.339 e. The summed E-state index contributed by atoms with van der Waals surface area (Å²) < 4.78 is 20.5. The highest BCUT2D eigenvalue weighted by Crippen LogP contribution is 2.22. The number of hydrogen-bond acceptors (Lipinski definition) is 6. The lowest BCUT2D eigenvalue weighted by Crippen LogP contribution is -2.18. The fourth-order valence-corrected chi connectivity index (χ4v) is 2.84. The maximum absolute atomic E-state index is 13.3. The monoisotopic (exact) mass is 366 g/mol. The molecule has 4 aromatic rings. The summed E-state index contributed by atoms with van der Waals surface area (Å²) in [5.41, 5.74) is 3.33. The molecule has 0 atom stereocenters. The molecule has 0 amide bonds. The second-order valence-electron chi connectivity index (χ2n) is 6.64. The lowest BCUT2D eigenvalue weighted by atomic mass is 10.1. The molecule has 4 rings (SSSR count). The summed E-state index contributed by atoms with van der Waals surface area (Å²) in [7, 11) is 4.05. The van der Waals surface area contributed by atoms with Crippen molar-refractivity contribution in [3.63, 3.8) is 0 Å². The van der Waals surface area contributed by atoms with E-state index in [1.165, 1.54) is 12.1 Å². The maximum Gasteiger partial charge on any atom is 0.231 e. The third-order valence-electron chi connectivity index (χ3n) is 4.24. The number of halogens is 1. The normalized spacial score (nSPS) is 11.6. The van der Waals surface area contributed by atoms with Crippen molar-refractivity contribution in [2.24, 2.45) is 0 Å². The van der Waals surface area contributed by atoms with E-state index in [9.17, 15) is 4.39 Å². The summed E-state index contributed by atoms with van der Waals surface area (Å²) in [4.78, 5) is 6.52. The van der Waals surface area contributed by atoms with Gasteiger partial charge in [0.25, 0.3) is 0 Å². The number of likely N-dealkylation sites (N-methyl/N-ethyl adjacent to an activating group) is 1. The molecule has 0 N–H and O–H groups in total. The topological polar surface area (TPSA) is 72.9 Å². The van der Waals surface area contributed by atoms with Crippen LogP contribution in [0.5, 0.6) is 0 Å². The third kappa shape index (κ3) is 3.85. The number of fused-ring (bicyclic) bond motifs is 1. The van der Waals surface area contributed by atoms with Gasteiger partial charge in [-0.2, -0.15) is 4.98 Å². The highest BCUT2D eigenvalue weighted by Gasteiger charge is 2.12. The van der Waals surface area contributed by atoms with Crippen LogP contribution >= 0.6 is 0 Å². The predicted molar refractivity (Wildman–Crippen MR) is 98.6 cm³/mol. The molecule has 0 bridgehead atoms. The second kappa shape index (κ2) is 7.24. The molecule has 0 aliphatic heterocycles. The number of nitrogens with zero attached hydrogens (tertiary/aromatic N) is 6. The Kier molecular flexibility index (Phi) is 4.64. The van der Waals surface area contributed by atoms with Crippen LogP contribution in [0.25, 0.3) is 22.4 Å². The Balaban J connectivity index is 1.55. The van der Waals surface area contributed by atoms with E-state index >= 15 is 0 Å². The molecule has 0 saturated heterocycles. The average Bonchev–Trinajstić information content (AvgIpc) is 3.26. The minimum absolute atomic E-state index is 0.282. The SMILES string of the molecule is CN(C)CCn1nnc2cc(-c3noc(Cc4cccc(F)c4)n3)ccc21. The quantitative estimate of drug-likeness (QED) is 0.522. The van der Waals surface area contributed by atoms with Crippen LogP contribution in [-0.2, 0) is 13.0 Å². The Labute approximate surface area is 155 Å². The van der Waals surface area contributed by atoms with E-state index in [1.807, 2.05) is 43.0 Å². The van der Waals surface area contributed by atoms with Crippen molar-refractivity contribution in [1.29, 1.82) is 0 Å². The summed E-state index contributed by atoms with van der Waals surface area (Å²) in [5, 5.41) is 12.5. The number of aromatic nitrogens is 5. The molecular formula is C19H19FN6O. The zero-order chi connectivity index (χ0) is 18.8. The zero-order valence-corrected chi connectivity index (χ0v) is 15.1. The van der Waals surface area contributed by atoms with Crippen LogP contribution in [0.2, 0.25) is 0 Å². The molecule has 0 fully saturated rings. The van der Waals surface area contributed by atoms with Gasteiger partial charge in [-0.05, 0) is 50.0 Å². The first-order chi connectivity index (χ1) is 13.1. The standard InChI is InChI=1S/C19H19FN6O/c1-25(2)8-9-26-17-7-6-14(12-16(17)22-24-26)19-21-18(27-23-19)11-13-4-3-5-15(20)10-13/h3-7,10,12H,8-9,11H2,1-2H3. The lowest BCUT2D eigenvalue weighted by Gasteiger charge is -2.09. The van der Waals surface area contributed by atoms with Gasteiger partial charge < -0.3 is 9.42 Å². The van der Waals surface area contributed by atoms with Crippen molar-refractivity contribution in [2.45, 2.75) is 13.0 Å². The van der Waals surface area contributed by atoms with E-state index in [0.717, 1.165) is 35.2 Å². The molecule has 0 aliphatic carbocycles. The largest absolute Gasteiger partial charge is 0.339 e. The molecule has 0 saturated carbocycles. The first-order valence-electron chi connectivity index (χ1n) is 8.64. The lowest BCUT2D eigenvalue weighted by molar-refractivity contribution is 0.374. The Morgan fingerprint density at radius 2 is 2.04 bits per heavy atom. The first kappa shape index (κ1) is 17.3. The van der Waals surface area contributed by atoms with Crippen molar-refractivity contribution in [3.05, 3.63) is 59.7 Å². The molecule has 7 nitrogen and oxygen atoms in total. The van der Waals surface area contributed by atoms with E-state index < -0.39 is 0 Å². The van der Waals surface area contributed by atoms with Gasteiger partial charge >= 0.3 is 0 Å². The van der Waals surface area contributed by atoms with Gasteiger partial charge in [-0.3, -0.25) is 0 Å². The summed E-state index contributed by atoms with van der Waals surface area (Å²) >= 11 is 0. The maximum atomic E-state index is 13.3. The van der Waals surface area contributed by atoms with Gasteiger partial charge in [-0.25, -0.2) is 9.07 Å². The highest BCUT2D eigenvalue weighted by molar-refractivity contribution is 5.79. The van der Waals surface area contributed by atoms with Crippen molar-refractivity contribution >= 4 is 11.0 Å². The van der Waals surface area contributed by atoms with E-state index in [-0.39, 0.29) is 5.82 Å². The Bertz CT molecular complexity index is 1070. The summed E-state index contributed by atoms with van der Waals surface area (Å²) in [5.74, 6) is 0.631. The van der Waals surface area contributed by atoms with Gasteiger partial charge in [0.1, 0.15) is 11.3 Å². The Morgan fingerprint density at radius 3 is 2.85 bits per heavy atom. The number of hydrogen-bond donors (Lipinski definition) is 0. The van der Waals surface area contributed by atoms with Gasteiger partial charge in [0.2, 0.25) is 11.7 Å². The summed E-state index contributed by atoms with van der Waals surface area (Å²) in [6, 6.07) is 12.1. The van der Waals surface area contributed by atoms with E-state index in [4.69, 9.17) is 4.52 Å². The van der Waals surface area contributed by atoms with Gasteiger partial charge in [-0.1, -0.05) is 22.5 Å². The molecule has 0 spiro atoms. The molecule has 138 valence electrons. The highest BCUT2D eigenvalue weighted by atomic mass is 19.1. The number of rotatable bonds is 6. The van der Waals surface area contributed by atoms with Gasteiger partial charge in [0.05, 0.1) is 18.5 Å². The third-order valence-corrected chi connectivity index (χ3v) is 4.24. The Morgan fingerprint density at radius 1 is 1.15 bits per heavy atom. The van der Waals surface area contributed by atoms with Crippen LogP contribution in [0, 0.1) is 5.82 Å². The molecule has 0 radical (unpaired) electrons. The van der Waals surface area contributed by atoms with Crippen LogP contribution in [0.4, 0.5) is 4.39 Å². The Hall–Kier alpha value is -3.13. The van der Waals surface area contributed by atoms with Gasteiger partial charge in [0, 0.05) is 12.1 Å². The molecular weight excluding hydrogens is 347 g/mol. The molecule has 8 heteroatoms. The van der Waals surface area contributed by atoms with Gasteiger partial charge in [-0.15, -0.1) is 5.10 Å². The average molecular weight is 366 g/mol. The van der Waals surface area contributed by atoms with E-state index in [1.54, 1.807) is 6.07 Å². The van der Waals surface area contributed by atoms with Crippen LogP contribution in [0.15, 0.2) is 47.0 Å². The van der Waals surface area contributed by atoms with Crippen LogP contribution in [0.3, 0.4) is 0 Å². The van der Waals surface area contributed by atoms with Crippen molar-refractivity contribution in [1.82, 2.24) is 30.0 Å². The first-order valence-corrected chi connectivity index (χ1v) is 8.64. The van der Waals surface area contributed by atoms with Crippen molar-refractivity contribution in [2.75, 3.05) is 20.6 Å². The molecule has 2 aromatic heterocycles. The zero-order valence-electron chi connectivity index (χ0n) is 15.1. The van der Waals surface area contributed by atoms with Gasteiger partial charge in [0.15, 0.2) is 0 Å². The van der Waals surface area contributed by atoms with Crippen molar-refractivity contribution in [3.8, 4) is 11.4 Å². The summed E-state index contributed by atoms with van der Waals surface area (Å²) in [6.07, 6.45) is 0.383. The van der Waals surface area contributed by atoms with Crippen molar-refractivity contribution < 1.29 is 8.91 Å². The molecule has 0 aliphatic rings. The van der Waals surface area contributed by atoms with Crippen LogP contribution in [0.1, 0.15) is 11.5 Å². The van der Waals surface area contributed by atoms with E-state index in [2.05, 4.69) is 25.4 Å². The van der Waals surface area contributed by atoms with Crippen LogP contribution < -0.4 is 0 Å².